The van der Waals surface area contributed by atoms with Gasteiger partial charge in [-0.3, -0.25) is 0 Å². The van der Waals surface area contributed by atoms with Gasteiger partial charge in [0.15, 0.2) is 5.75 Å². The quantitative estimate of drug-likeness (QED) is 0.505. The molecule has 0 aliphatic heterocycles. The van der Waals surface area contributed by atoms with Crippen LogP contribution in [-0.2, 0) is 16.4 Å². The average molecular weight is 509 g/mol. The molecule has 1 saturated carbocycles. The number of nitrogens with one attached hydrogen (secondary N) is 1. The lowest BCUT2D eigenvalue weighted by Gasteiger charge is -2.14. The van der Waals surface area contributed by atoms with E-state index >= 15 is 0 Å². The van der Waals surface area contributed by atoms with Gasteiger partial charge in [-0.2, -0.15) is 0 Å². The fourth-order valence-corrected chi connectivity index (χ4v) is 4.95. The molecule has 1 amide bonds. The lowest BCUT2D eigenvalue weighted by molar-refractivity contribution is 0.172. The zero-order valence-corrected chi connectivity index (χ0v) is 20.2. The number of halogens is 2. The predicted molar refractivity (Wildman–Crippen MR) is 124 cm³/mol. The van der Waals surface area contributed by atoms with Crippen LogP contribution in [0.2, 0.25) is 5.02 Å². The molecule has 0 bridgehead atoms. The van der Waals surface area contributed by atoms with Crippen LogP contribution in [0.5, 0.6) is 5.75 Å². The second-order valence-electron chi connectivity index (χ2n) is 8.36. The number of rotatable bonds is 6. The van der Waals surface area contributed by atoms with Crippen LogP contribution in [-0.4, -0.2) is 39.5 Å². The van der Waals surface area contributed by atoms with Gasteiger partial charge in [-0.05, 0) is 55.2 Å². The molecule has 1 aliphatic rings. The monoisotopic (exact) mass is 508 g/mol. The van der Waals surface area contributed by atoms with E-state index in [9.17, 15) is 22.4 Å². The number of fused-ring (bicyclic) bond motifs is 1. The first-order valence-corrected chi connectivity index (χ1v) is 12.3. The number of benzene rings is 2. The van der Waals surface area contributed by atoms with Crippen LogP contribution in [0.25, 0.3) is 11.0 Å². The Morgan fingerprint density at radius 2 is 1.97 bits per heavy atom. The summed E-state index contributed by atoms with van der Waals surface area (Å²) in [5, 5.41) is 0.597. The lowest BCUT2D eigenvalue weighted by atomic mass is 9.99. The van der Waals surface area contributed by atoms with Gasteiger partial charge in [0.1, 0.15) is 11.4 Å². The van der Waals surface area contributed by atoms with Gasteiger partial charge in [-0.15, -0.1) is 0 Å². The second-order valence-corrected chi connectivity index (χ2v) is 10.5. The van der Waals surface area contributed by atoms with Gasteiger partial charge < -0.3 is 14.1 Å². The number of carbonyl (C=O) groups is 1. The zero-order valence-electron chi connectivity index (χ0n) is 18.6. The van der Waals surface area contributed by atoms with Gasteiger partial charge in [-0.1, -0.05) is 11.6 Å². The summed E-state index contributed by atoms with van der Waals surface area (Å²) in [6.45, 7) is 1.66. The van der Waals surface area contributed by atoms with Crippen molar-refractivity contribution in [1.82, 2.24) is 9.62 Å². The third-order valence-corrected chi connectivity index (χ3v) is 7.31. The molecule has 0 unspecified atom stereocenters. The molecule has 0 spiro atoms. The van der Waals surface area contributed by atoms with E-state index in [1.807, 2.05) is 0 Å². The minimum Gasteiger partial charge on any atom is -0.422 e. The Labute approximate surface area is 200 Å². The smallest absolute Gasteiger partial charge is 0.414 e. The van der Waals surface area contributed by atoms with Crippen LogP contribution < -0.4 is 15.1 Å². The van der Waals surface area contributed by atoms with Gasteiger partial charge in [0.2, 0.25) is 10.0 Å². The zero-order chi connectivity index (χ0) is 24.8. The number of hydrogen-bond acceptors (Lipinski definition) is 6. The molecule has 34 heavy (non-hydrogen) atoms. The highest BCUT2D eigenvalue weighted by molar-refractivity contribution is 7.89. The molecule has 1 heterocycles. The van der Waals surface area contributed by atoms with Crippen LogP contribution in [0.4, 0.5) is 9.18 Å². The van der Waals surface area contributed by atoms with E-state index in [-0.39, 0.29) is 44.8 Å². The van der Waals surface area contributed by atoms with Gasteiger partial charge in [0, 0.05) is 43.6 Å². The summed E-state index contributed by atoms with van der Waals surface area (Å²) in [6, 6.07) is 6.22. The van der Waals surface area contributed by atoms with Gasteiger partial charge in [0.05, 0.1) is 9.92 Å². The van der Waals surface area contributed by atoms with Crippen molar-refractivity contribution in [1.29, 1.82) is 0 Å². The first-order chi connectivity index (χ1) is 16.0. The number of amides is 1. The van der Waals surface area contributed by atoms with Crippen LogP contribution in [0.15, 0.2) is 44.4 Å². The molecule has 0 saturated heterocycles. The molecule has 3 aromatic rings. The molecule has 1 aromatic heterocycles. The molecule has 0 atom stereocenters. The third kappa shape index (κ3) is 4.94. The average Bonchev–Trinajstić information content (AvgIpc) is 3.56. The van der Waals surface area contributed by atoms with Crippen molar-refractivity contribution < 1.29 is 26.8 Å². The number of ether oxygens (including phenoxy) is 1. The lowest BCUT2D eigenvalue weighted by Crippen LogP contribution is -2.26. The van der Waals surface area contributed by atoms with Crippen LogP contribution in [0.3, 0.4) is 0 Å². The highest BCUT2D eigenvalue weighted by Gasteiger charge is 2.28. The summed E-state index contributed by atoms with van der Waals surface area (Å²) in [7, 11) is -0.772. The van der Waals surface area contributed by atoms with Crippen molar-refractivity contribution in [2.75, 3.05) is 14.1 Å². The third-order valence-electron chi connectivity index (χ3n) is 5.50. The van der Waals surface area contributed by atoms with E-state index in [4.69, 9.17) is 20.8 Å². The van der Waals surface area contributed by atoms with E-state index in [2.05, 4.69) is 4.72 Å². The second kappa shape index (κ2) is 9.01. The fourth-order valence-electron chi connectivity index (χ4n) is 3.39. The van der Waals surface area contributed by atoms with Crippen molar-refractivity contribution >= 4 is 38.7 Å². The predicted octanol–water partition coefficient (Wildman–Crippen LogP) is 3.99. The van der Waals surface area contributed by atoms with E-state index in [0.717, 1.165) is 18.9 Å². The maximum atomic E-state index is 14.6. The van der Waals surface area contributed by atoms with Crippen molar-refractivity contribution in [3.05, 3.63) is 68.3 Å². The molecule has 2 aromatic carbocycles. The number of nitrogens with zero attached hydrogens (tertiary/aromatic N) is 1. The summed E-state index contributed by atoms with van der Waals surface area (Å²) in [5.41, 5.74) is 0.104. The van der Waals surface area contributed by atoms with E-state index in [0.29, 0.717) is 10.9 Å². The van der Waals surface area contributed by atoms with Crippen molar-refractivity contribution in [3.8, 4) is 5.75 Å². The molecular weight excluding hydrogens is 487 g/mol. The normalized spacial score (nSPS) is 13.8. The first-order valence-electron chi connectivity index (χ1n) is 10.4. The topological polar surface area (TPSA) is 106 Å². The van der Waals surface area contributed by atoms with Crippen molar-refractivity contribution in [2.24, 2.45) is 0 Å². The molecule has 180 valence electrons. The largest absolute Gasteiger partial charge is 0.422 e. The molecule has 1 aliphatic carbocycles. The van der Waals surface area contributed by atoms with Crippen molar-refractivity contribution in [3.63, 3.8) is 0 Å². The van der Waals surface area contributed by atoms with Gasteiger partial charge in [0.25, 0.3) is 0 Å². The maximum absolute atomic E-state index is 14.6. The molecule has 11 heteroatoms. The molecular formula is C23H22ClFN2O6S. The Hall–Kier alpha value is -2.95. The van der Waals surface area contributed by atoms with Crippen molar-refractivity contribution in [2.45, 2.75) is 37.1 Å². The Morgan fingerprint density at radius 3 is 2.62 bits per heavy atom. The Kier molecular flexibility index (Phi) is 6.41. The molecule has 1 N–H and O–H groups in total. The SMILES string of the molecule is Cc1c(Cc2cc(S(=O)(=O)NC3CC3)ccc2F)c(=O)oc2cc(OC(=O)N(C)C)c(Cl)cc12. The van der Waals surface area contributed by atoms with E-state index < -0.39 is 27.6 Å². The summed E-state index contributed by atoms with van der Waals surface area (Å²) in [6.07, 6.45) is 0.697. The van der Waals surface area contributed by atoms with Crippen LogP contribution in [0, 0.1) is 12.7 Å². The number of hydrogen-bond donors (Lipinski definition) is 1. The summed E-state index contributed by atoms with van der Waals surface area (Å²) >= 11 is 6.27. The number of carbonyl (C=O) groups excluding carboxylic acids is 1. The minimum atomic E-state index is -3.79. The van der Waals surface area contributed by atoms with Crippen LogP contribution >= 0.6 is 11.6 Å². The molecule has 8 nitrogen and oxygen atoms in total. The molecule has 4 rings (SSSR count). The summed E-state index contributed by atoms with van der Waals surface area (Å²) in [5.74, 6) is -0.622. The Bertz CT molecular complexity index is 1460. The highest BCUT2D eigenvalue weighted by atomic mass is 35.5. The van der Waals surface area contributed by atoms with E-state index in [1.165, 1.54) is 43.3 Å². The van der Waals surface area contributed by atoms with Crippen LogP contribution in [0.1, 0.15) is 29.5 Å². The fraction of sp³-hybridized carbons (Fsp3) is 0.304. The Balaban J connectivity index is 1.72. The maximum Gasteiger partial charge on any atom is 0.414 e. The minimum absolute atomic E-state index is 0.0234. The summed E-state index contributed by atoms with van der Waals surface area (Å²) < 4.78 is 52.8. The number of aryl methyl sites for hydroxylation is 1. The summed E-state index contributed by atoms with van der Waals surface area (Å²) in [4.78, 5) is 25.8. The Morgan fingerprint density at radius 1 is 1.26 bits per heavy atom. The van der Waals surface area contributed by atoms with E-state index in [1.54, 1.807) is 6.92 Å². The molecule has 1 fully saturated rings. The highest BCUT2D eigenvalue weighted by Crippen LogP contribution is 2.33. The first kappa shape index (κ1) is 24.2. The van der Waals surface area contributed by atoms with Gasteiger partial charge in [-0.25, -0.2) is 27.1 Å². The van der Waals surface area contributed by atoms with Gasteiger partial charge >= 0.3 is 11.7 Å². The number of sulfonamides is 1. The standard InChI is InChI=1S/C23H22ClFN2O6S/c1-12-16-10-18(24)21(33-23(29)27(2)3)11-20(16)32-22(28)17(12)9-13-8-15(6-7-19(13)25)34(30,31)26-14-4-5-14/h6-8,10-11,14,26H,4-5,9H2,1-3H3. The molecule has 0 radical (unpaired) electrons.